The average molecular weight is 314 g/mol. The Morgan fingerprint density at radius 2 is 2.00 bits per heavy atom. The Balaban J connectivity index is 3.43. The fourth-order valence-corrected chi connectivity index (χ4v) is 1.58. The van der Waals surface area contributed by atoms with Crippen molar-refractivity contribution in [1.82, 2.24) is 0 Å². The van der Waals surface area contributed by atoms with Crippen LogP contribution >= 0.6 is 31.9 Å². The fraction of sp³-hybridized carbons (Fsp3) is 0. The van der Waals surface area contributed by atoms with Gasteiger partial charge >= 0.3 is 0 Å². The van der Waals surface area contributed by atoms with E-state index in [0.29, 0.717) is 0 Å². The van der Waals surface area contributed by atoms with Gasteiger partial charge in [-0.2, -0.15) is 5.10 Å². The van der Waals surface area contributed by atoms with E-state index in [0.717, 1.165) is 12.3 Å². The van der Waals surface area contributed by atoms with Crippen LogP contribution in [-0.4, -0.2) is 6.21 Å². The Labute approximate surface area is 90.1 Å². The molecule has 0 spiro atoms. The highest BCUT2D eigenvalue weighted by atomic mass is 79.9. The summed E-state index contributed by atoms with van der Waals surface area (Å²) in [7, 11) is 0. The molecule has 0 unspecified atom stereocenters. The van der Waals surface area contributed by atoms with Crippen LogP contribution in [0.3, 0.4) is 0 Å². The predicted octanol–water partition coefficient (Wildman–Crippen LogP) is 2.78. The van der Waals surface area contributed by atoms with Crippen LogP contribution in [-0.2, 0) is 0 Å². The van der Waals surface area contributed by atoms with Crippen molar-refractivity contribution in [1.29, 1.82) is 0 Å². The number of hydrogen-bond acceptors (Lipinski definition) is 2. The van der Waals surface area contributed by atoms with E-state index >= 15 is 0 Å². The highest BCUT2D eigenvalue weighted by Gasteiger charge is 2.13. The maximum atomic E-state index is 13.2. The van der Waals surface area contributed by atoms with E-state index in [2.05, 4.69) is 37.0 Å². The molecule has 0 saturated carbocycles. The van der Waals surface area contributed by atoms with Gasteiger partial charge in [-0.25, -0.2) is 8.78 Å². The Morgan fingerprint density at radius 3 is 2.54 bits per heavy atom. The molecule has 13 heavy (non-hydrogen) atoms. The summed E-state index contributed by atoms with van der Waals surface area (Å²) in [4.78, 5) is 0. The van der Waals surface area contributed by atoms with Gasteiger partial charge in [0.05, 0.1) is 10.7 Å². The van der Waals surface area contributed by atoms with E-state index in [1.54, 1.807) is 0 Å². The van der Waals surface area contributed by atoms with Crippen molar-refractivity contribution in [3.63, 3.8) is 0 Å². The largest absolute Gasteiger partial charge is 0.323 e. The average Bonchev–Trinajstić information content (AvgIpc) is 2.09. The van der Waals surface area contributed by atoms with Gasteiger partial charge in [0, 0.05) is 10.0 Å². The third kappa shape index (κ3) is 2.05. The number of benzene rings is 1. The molecule has 0 aliphatic rings. The van der Waals surface area contributed by atoms with Gasteiger partial charge in [-0.05, 0) is 37.9 Å². The van der Waals surface area contributed by atoms with Crippen LogP contribution in [0.1, 0.15) is 5.56 Å². The van der Waals surface area contributed by atoms with Crippen LogP contribution < -0.4 is 5.84 Å². The predicted molar refractivity (Wildman–Crippen MR) is 53.5 cm³/mol. The molecule has 0 amide bonds. The minimum absolute atomic E-state index is 0.107. The molecule has 0 bridgehead atoms. The van der Waals surface area contributed by atoms with Gasteiger partial charge in [0.25, 0.3) is 0 Å². The van der Waals surface area contributed by atoms with E-state index in [9.17, 15) is 8.78 Å². The molecule has 2 N–H and O–H groups in total. The number of hydrogen-bond donors (Lipinski definition) is 1. The summed E-state index contributed by atoms with van der Waals surface area (Å²) >= 11 is 5.75. The summed E-state index contributed by atoms with van der Waals surface area (Å²) in [6.45, 7) is 0. The normalized spacial score (nSPS) is 11.1. The molecule has 0 aromatic heterocycles. The smallest absolute Gasteiger partial charge is 0.150 e. The van der Waals surface area contributed by atoms with Gasteiger partial charge in [-0.15, -0.1) is 0 Å². The second-order valence-corrected chi connectivity index (χ2v) is 3.81. The number of hydrazone groups is 1. The first-order valence-electron chi connectivity index (χ1n) is 3.14. The van der Waals surface area contributed by atoms with Crippen molar-refractivity contribution >= 4 is 38.1 Å². The van der Waals surface area contributed by atoms with E-state index in [4.69, 9.17) is 5.84 Å². The summed E-state index contributed by atoms with van der Waals surface area (Å²) < 4.78 is 26.1. The molecule has 0 saturated heterocycles. The van der Waals surface area contributed by atoms with E-state index in [-0.39, 0.29) is 14.5 Å². The van der Waals surface area contributed by atoms with Crippen LogP contribution in [0.4, 0.5) is 8.78 Å². The minimum atomic E-state index is -0.735. The molecule has 0 atom stereocenters. The van der Waals surface area contributed by atoms with E-state index in [1.165, 1.54) is 0 Å². The second-order valence-electron chi connectivity index (χ2n) is 2.16. The highest BCUT2D eigenvalue weighted by molar-refractivity contribution is 9.11. The van der Waals surface area contributed by atoms with Crippen LogP contribution in [0.25, 0.3) is 0 Å². The fourth-order valence-electron chi connectivity index (χ4n) is 0.773. The maximum absolute atomic E-state index is 13.2. The van der Waals surface area contributed by atoms with Gasteiger partial charge < -0.3 is 5.84 Å². The zero-order valence-electron chi connectivity index (χ0n) is 6.19. The van der Waals surface area contributed by atoms with Crippen molar-refractivity contribution < 1.29 is 8.78 Å². The third-order valence-corrected chi connectivity index (χ3v) is 2.74. The first-order chi connectivity index (χ1) is 6.07. The van der Waals surface area contributed by atoms with Crippen LogP contribution in [0, 0.1) is 11.6 Å². The van der Waals surface area contributed by atoms with Crippen LogP contribution in [0.15, 0.2) is 20.1 Å². The standard InChI is InChI=1S/C7H4Br2F2N2/c8-4-1-5(10)6(9)7(11)3(4)2-13-12/h1-2H,12H2. The first-order valence-corrected chi connectivity index (χ1v) is 4.72. The summed E-state index contributed by atoms with van der Waals surface area (Å²) in [6.07, 6.45) is 1.10. The van der Waals surface area contributed by atoms with Crippen molar-refractivity contribution in [2.75, 3.05) is 0 Å². The number of nitrogens with two attached hydrogens (primary N) is 1. The van der Waals surface area contributed by atoms with Gasteiger partial charge in [-0.1, -0.05) is 0 Å². The highest BCUT2D eigenvalue weighted by Crippen LogP contribution is 2.27. The number of nitrogens with zero attached hydrogens (tertiary/aromatic N) is 1. The summed E-state index contributed by atoms with van der Waals surface area (Å²) in [5, 5.41) is 3.16. The molecule has 1 aromatic rings. The Kier molecular flexibility index (Phi) is 3.38. The number of rotatable bonds is 1. The molecule has 2 nitrogen and oxygen atoms in total. The van der Waals surface area contributed by atoms with Crippen molar-refractivity contribution in [2.45, 2.75) is 0 Å². The summed E-state index contributed by atoms with van der Waals surface area (Å²) in [5.74, 6) is 3.44. The van der Waals surface area contributed by atoms with Gasteiger partial charge in [0.15, 0.2) is 0 Å². The first kappa shape index (κ1) is 10.6. The monoisotopic (exact) mass is 312 g/mol. The SMILES string of the molecule is NN=Cc1c(Br)cc(F)c(Br)c1F. The lowest BCUT2D eigenvalue weighted by molar-refractivity contribution is 0.569. The topological polar surface area (TPSA) is 38.4 Å². The molecule has 0 heterocycles. The molecule has 6 heteroatoms. The lowest BCUT2D eigenvalue weighted by Crippen LogP contribution is -1.96. The quantitative estimate of drug-likeness (QED) is 0.280. The number of halogens is 4. The molecular formula is C7H4Br2F2N2. The van der Waals surface area contributed by atoms with Crippen LogP contribution in [0.5, 0.6) is 0 Å². The van der Waals surface area contributed by atoms with Gasteiger partial charge in [0.2, 0.25) is 0 Å². The second kappa shape index (κ2) is 4.15. The zero-order valence-corrected chi connectivity index (χ0v) is 9.36. The van der Waals surface area contributed by atoms with Gasteiger partial charge in [-0.3, -0.25) is 0 Å². The molecule has 70 valence electrons. The molecule has 0 radical (unpaired) electrons. The minimum Gasteiger partial charge on any atom is -0.323 e. The molecule has 1 aromatic carbocycles. The maximum Gasteiger partial charge on any atom is 0.150 e. The van der Waals surface area contributed by atoms with Crippen LogP contribution in [0.2, 0.25) is 0 Å². The zero-order chi connectivity index (χ0) is 10.0. The third-order valence-electron chi connectivity index (χ3n) is 1.35. The molecule has 0 aliphatic carbocycles. The van der Waals surface area contributed by atoms with Crippen molar-refractivity contribution in [3.8, 4) is 0 Å². The summed E-state index contributed by atoms with van der Waals surface area (Å²) in [6, 6.07) is 1.13. The lowest BCUT2D eigenvalue weighted by atomic mass is 10.2. The lowest BCUT2D eigenvalue weighted by Gasteiger charge is -2.03. The van der Waals surface area contributed by atoms with E-state index in [1.807, 2.05) is 0 Å². The Morgan fingerprint density at radius 1 is 1.38 bits per heavy atom. The summed E-state index contributed by atoms with van der Waals surface area (Å²) in [5.41, 5.74) is 0.107. The van der Waals surface area contributed by atoms with Crippen molar-refractivity contribution in [3.05, 3.63) is 32.2 Å². The van der Waals surface area contributed by atoms with E-state index < -0.39 is 11.6 Å². The molecule has 1 rings (SSSR count). The Hall–Kier alpha value is -0.490. The van der Waals surface area contributed by atoms with Gasteiger partial charge in [0.1, 0.15) is 11.6 Å². The molecule has 0 fully saturated rings. The molecule has 0 aliphatic heterocycles. The molecular weight excluding hydrogens is 310 g/mol. The van der Waals surface area contributed by atoms with Crippen molar-refractivity contribution in [2.24, 2.45) is 10.9 Å². The Bertz CT molecular complexity index is 366.